The number of aliphatic carboxylic acids is 1. The molecule has 2 unspecified atom stereocenters. The Bertz CT molecular complexity index is 415. The second-order valence-corrected chi connectivity index (χ2v) is 3.92. The predicted octanol–water partition coefficient (Wildman–Crippen LogP) is 0.651. The summed E-state index contributed by atoms with van der Waals surface area (Å²) in [4.78, 5) is 22.2. The summed E-state index contributed by atoms with van der Waals surface area (Å²) in [5.74, 6) is -1.59. The third kappa shape index (κ3) is 3.78. The van der Waals surface area contributed by atoms with Crippen LogP contribution in [0.15, 0.2) is 12.4 Å². The number of anilines is 1. The van der Waals surface area contributed by atoms with Crippen LogP contribution in [-0.2, 0) is 11.8 Å². The van der Waals surface area contributed by atoms with Crippen LogP contribution in [0.5, 0.6) is 0 Å². The van der Waals surface area contributed by atoms with Gasteiger partial charge in [0, 0.05) is 19.3 Å². The molecule has 0 aliphatic carbocycles. The average molecular weight is 240 g/mol. The Kier molecular flexibility index (Phi) is 4.08. The Balaban J connectivity index is 2.47. The zero-order valence-electron chi connectivity index (χ0n) is 9.97. The molecule has 94 valence electrons. The maximum absolute atomic E-state index is 11.5. The van der Waals surface area contributed by atoms with Crippen LogP contribution in [0.2, 0.25) is 0 Å². The fourth-order valence-electron chi connectivity index (χ4n) is 1.20. The van der Waals surface area contributed by atoms with E-state index in [1.54, 1.807) is 24.9 Å². The van der Waals surface area contributed by atoms with Gasteiger partial charge in [0.2, 0.25) is 0 Å². The van der Waals surface area contributed by atoms with Crippen LogP contribution in [-0.4, -0.2) is 32.9 Å². The van der Waals surface area contributed by atoms with Crippen molar-refractivity contribution in [3.8, 4) is 0 Å². The maximum Gasteiger partial charge on any atom is 0.319 e. The number of hydrogen-bond acceptors (Lipinski definition) is 3. The van der Waals surface area contributed by atoms with Gasteiger partial charge in [0.1, 0.15) is 0 Å². The first-order valence-electron chi connectivity index (χ1n) is 5.19. The summed E-state index contributed by atoms with van der Waals surface area (Å²) < 4.78 is 1.55. The standard InChI is InChI=1S/C10H16N4O3/c1-6(9(15)16)7(2)12-10(17)13-8-4-11-14(3)5-8/h4-7H,1-3H3,(H,15,16)(H2,12,13,17). The molecule has 1 heterocycles. The van der Waals surface area contributed by atoms with Crippen LogP contribution in [0.3, 0.4) is 0 Å². The van der Waals surface area contributed by atoms with E-state index in [0.29, 0.717) is 5.69 Å². The minimum atomic E-state index is -0.945. The van der Waals surface area contributed by atoms with Gasteiger partial charge < -0.3 is 15.7 Å². The van der Waals surface area contributed by atoms with Gasteiger partial charge in [-0.1, -0.05) is 0 Å². The van der Waals surface area contributed by atoms with Crippen molar-refractivity contribution in [3.05, 3.63) is 12.4 Å². The Hall–Kier alpha value is -2.05. The van der Waals surface area contributed by atoms with Gasteiger partial charge >= 0.3 is 12.0 Å². The fourth-order valence-corrected chi connectivity index (χ4v) is 1.20. The molecule has 0 radical (unpaired) electrons. The summed E-state index contributed by atoms with van der Waals surface area (Å²) in [7, 11) is 1.73. The van der Waals surface area contributed by atoms with Gasteiger partial charge in [-0.15, -0.1) is 0 Å². The molecule has 7 nitrogen and oxygen atoms in total. The number of nitrogens with one attached hydrogen (secondary N) is 2. The SMILES string of the molecule is CC(NC(=O)Nc1cnn(C)c1)C(C)C(=O)O. The van der Waals surface area contributed by atoms with E-state index in [1.807, 2.05) is 0 Å². The number of carboxylic acid groups (broad SMARTS) is 1. The molecule has 1 aromatic rings. The van der Waals surface area contributed by atoms with Gasteiger partial charge in [-0.3, -0.25) is 9.48 Å². The number of carbonyl (C=O) groups is 2. The van der Waals surface area contributed by atoms with E-state index in [1.165, 1.54) is 13.1 Å². The van der Waals surface area contributed by atoms with Gasteiger partial charge in [0.25, 0.3) is 0 Å². The molecule has 0 aromatic carbocycles. The first-order valence-corrected chi connectivity index (χ1v) is 5.19. The highest BCUT2D eigenvalue weighted by Gasteiger charge is 2.20. The highest BCUT2D eigenvalue weighted by molar-refractivity contribution is 5.89. The first-order chi connectivity index (χ1) is 7.90. The van der Waals surface area contributed by atoms with Gasteiger partial charge in [-0.2, -0.15) is 5.10 Å². The number of carbonyl (C=O) groups excluding carboxylic acids is 1. The van der Waals surface area contributed by atoms with E-state index in [9.17, 15) is 9.59 Å². The Morgan fingerprint density at radius 2 is 2.12 bits per heavy atom. The maximum atomic E-state index is 11.5. The molecular weight excluding hydrogens is 224 g/mol. The molecular formula is C10H16N4O3. The molecule has 1 rings (SSSR count). The van der Waals surface area contributed by atoms with Crippen molar-refractivity contribution in [2.24, 2.45) is 13.0 Å². The lowest BCUT2D eigenvalue weighted by atomic mass is 10.0. The van der Waals surface area contributed by atoms with Crippen molar-refractivity contribution in [1.29, 1.82) is 0 Å². The Morgan fingerprint density at radius 1 is 1.47 bits per heavy atom. The van der Waals surface area contributed by atoms with Crippen molar-refractivity contribution < 1.29 is 14.7 Å². The number of aromatic nitrogens is 2. The molecule has 0 bridgehead atoms. The average Bonchev–Trinajstić information content (AvgIpc) is 2.62. The molecule has 2 atom stereocenters. The van der Waals surface area contributed by atoms with E-state index >= 15 is 0 Å². The number of hydrogen-bond donors (Lipinski definition) is 3. The number of aryl methyl sites for hydroxylation is 1. The fraction of sp³-hybridized carbons (Fsp3) is 0.500. The van der Waals surface area contributed by atoms with Gasteiger partial charge in [-0.25, -0.2) is 4.79 Å². The highest BCUT2D eigenvalue weighted by Crippen LogP contribution is 2.05. The minimum Gasteiger partial charge on any atom is -0.481 e. The summed E-state index contributed by atoms with van der Waals surface area (Å²) >= 11 is 0. The van der Waals surface area contributed by atoms with E-state index in [4.69, 9.17) is 5.11 Å². The Labute approximate surface area is 98.8 Å². The predicted molar refractivity (Wildman–Crippen MR) is 61.6 cm³/mol. The molecule has 0 fully saturated rings. The summed E-state index contributed by atoms with van der Waals surface area (Å²) in [6, 6.07) is -0.900. The lowest BCUT2D eigenvalue weighted by molar-refractivity contribution is -0.141. The monoisotopic (exact) mass is 240 g/mol. The molecule has 7 heteroatoms. The van der Waals surface area contributed by atoms with Gasteiger partial charge in [-0.05, 0) is 13.8 Å². The molecule has 3 N–H and O–H groups in total. The zero-order chi connectivity index (χ0) is 13.0. The van der Waals surface area contributed by atoms with E-state index in [2.05, 4.69) is 15.7 Å². The van der Waals surface area contributed by atoms with Crippen molar-refractivity contribution in [3.63, 3.8) is 0 Å². The number of carboxylic acids is 1. The molecule has 0 aliphatic rings. The molecule has 17 heavy (non-hydrogen) atoms. The number of amides is 2. The Morgan fingerprint density at radius 3 is 2.59 bits per heavy atom. The third-order valence-electron chi connectivity index (χ3n) is 2.46. The first kappa shape index (κ1) is 13.0. The number of urea groups is 1. The van der Waals surface area contributed by atoms with Crippen LogP contribution in [0.1, 0.15) is 13.8 Å². The normalized spacial score (nSPS) is 13.8. The van der Waals surface area contributed by atoms with Crippen molar-refractivity contribution >= 4 is 17.7 Å². The van der Waals surface area contributed by atoms with E-state index in [0.717, 1.165) is 0 Å². The minimum absolute atomic E-state index is 0.446. The van der Waals surface area contributed by atoms with Crippen molar-refractivity contribution in [2.45, 2.75) is 19.9 Å². The summed E-state index contributed by atoms with van der Waals surface area (Å²) in [5, 5.41) is 17.8. The topological polar surface area (TPSA) is 96.3 Å². The lowest BCUT2D eigenvalue weighted by Crippen LogP contribution is -2.42. The summed E-state index contributed by atoms with van der Waals surface area (Å²) in [5.41, 5.74) is 0.556. The van der Waals surface area contributed by atoms with Gasteiger partial charge in [0.15, 0.2) is 0 Å². The van der Waals surface area contributed by atoms with Gasteiger partial charge in [0.05, 0.1) is 17.8 Å². The largest absolute Gasteiger partial charge is 0.481 e. The molecule has 0 aliphatic heterocycles. The summed E-state index contributed by atoms with van der Waals surface area (Å²) in [6.07, 6.45) is 3.15. The molecule has 0 saturated heterocycles. The second-order valence-electron chi connectivity index (χ2n) is 3.92. The van der Waals surface area contributed by atoms with Crippen LogP contribution in [0, 0.1) is 5.92 Å². The van der Waals surface area contributed by atoms with Crippen LogP contribution in [0.4, 0.5) is 10.5 Å². The molecule has 0 saturated carbocycles. The second kappa shape index (κ2) is 5.33. The van der Waals surface area contributed by atoms with E-state index in [-0.39, 0.29) is 0 Å². The van der Waals surface area contributed by atoms with Crippen LogP contribution >= 0.6 is 0 Å². The van der Waals surface area contributed by atoms with Crippen LogP contribution in [0.25, 0.3) is 0 Å². The lowest BCUT2D eigenvalue weighted by Gasteiger charge is -2.17. The van der Waals surface area contributed by atoms with Crippen molar-refractivity contribution in [1.82, 2.24) is 15.1 Å². The quantitative estimate of drug-likeness (QED) is 0.720. The number of rotatable bonds is 4. The smallest absolute Gasteiger partial charge is 0.319 e. The third-order valence-corrected chi connectivity index (χ3v) is 2.46. The van der Waals surface area contributed by atoms with Crippen molar-refractivity contribution in [2.75, 3.05) is 5.32 Å². The highest BCUT2D eigenvalue weighted by atomic mass is 16.4. The summed E-state index contributed by atoms with van der Waals surface area (Å²) in [6.45, 7) is 3.18. The molecule has 0 spiro atoms. The molecule has 2 amide bonds. The number of nitrogens with zero attached hydrogens (tertiary/aromatic N) is 2. The molecule has 1 aromatic heterocycles. The zero-order valence-corrected chi connectivity index (χ0v) is 9.97. The van der Waals surface area contributed by atoms with Crippen LogP contribution < -0.4 is 10.6 Å². The van der Waals surface area contributed by atoms with E-state index < -0.39 is 24.0 Å².